The smallest absolute Gasteiger partial charge is 0.418 e. The van der Waals surface area contributed by atoms with Gasteiger partial charge in [-0.25, -0.2) is 0 Å². The molecular weight excluding hydrogens is 415 g/mol. The SMILES string of the molecule is CCCCCCCCCCCCCCCc1sc2ccccc2[s+]1.F[B-](F)(F)F. The Kier molecular flexibility index (Phi) is 14.6. The number of halogens is 4. The van der Waals surface area contributed by atoms with Gasteiger partial charge in [0.15, 0.2) is 9.40 Å². The van der Waals surface area contributed by atoms with E-state index in [4.69, 9.17) is 0 Å². The van der Waals surface area contributed by atoms with Crippen molar-refractivity contribution in [2.24, 2.45) is 0 Å². The van der Waals surface area contributed by atoms with E-state index in [1.54, 1.807) is 4.19 Å². The van der Waals surface area contributed by atoms with Crippen molar-refractivity contribution in [3.63, 3.8) is 0 Å². The molecule has 0 aliphatic heterocycles. The van der Waals surface area contributed by atoms with Crippen LogP contribution in [0.5, 0.6) is 0 Å². The Hall–Kier alpha value is -0.685. The summed E-state index contributed by atoms with van der Waals surface area (Å²) >= 11 is 4.00. The van der Waals surface area contributed by atoms with E-state index in [1.807, 2.05) is 22.7 Å². The fourth-order valence-electron chi connectivity index (χ4n) is 3.27. The molecule has 0 saturated heterocycles. The average Bonchev–Trinajstić information content (AvgIpc) is 3.07. The second-order valence-electron chi connectivity index (χ2n) is 7.51. The largest absolute Gasteiger partial charge is 0.673 e. The lowest BCUT2D eigenvalue weighted by Gasteiger charge is -2.02. The van der Waals surface area contributed by atoms with E-state index in [0.29, 0.717) is 0 Å². The lowest BCUT2D eigenvalue weighted by Crippen LogP contribution is -2.02. The van der Waals surface area contributed by atoms with Gasteiger partial charge >= 0.3 is 7.25 Å². The molecule has 1 aromatic heterocycles. The molecule has 0 fully saturated rings. The maximum absolute atomic E-state index is 9.75. The van der Waals surface area contributed by atoms with Crippen LogP contribution in [0.1, 0.15) is 94.6 Å². The molecule has 0 N–H and O–H groups in total. The average molecular weight is 450 g/mol. The molecule has 0 radical (unpaired) electrons. The fourth-order valence-corrected chi connectivity index (χ4v) is 5.84. The minimum atomic E-state index is -6.00. The lowest BCUT2D eigenvalue weighted by molar-refractivity contribution is 0.368. The second-order valence-corrected chi connectivity index (χ2v) is 10.0. The van der Waals surface area contributed by atoms with Crippen molar-refractivity contribution in [1.82, 2.24) is 0 Å². The highest BCUT2D eigenvalue weighted by atomic mass is 32.2. The summed E-state index contributed by atoms with van der Waals surface area (Å²) in [4.78, 5) is 0. The normalized spacial score (nSPS) is 11.5. The molecule has 0 bridgehead atoms. The number of rotatable bonds is 14. The van der Waals surface area contributed by atoms with Crippen LogP contribution < -0.4 is 0 Å². The second kappa shape index (κ2) is 16.1. The predicted molar refractivity (Wildman–Crippen MR) is 124 cm³/mol. The van der Waals surface area contributed by atoms with Gasteiger partial charge in [0, 0.05) is 6.42 Å². The topological polar surface area (TPSA) is 0 Å². The van der Waals surface area contributed by atoms with Crippen LogP contribution in [0.25, 0.3) is 9.40 Å². The quantitative estimate of drug-likeness (QED) is 0.116. The van der Waals surface area contributed by atoms with Gasteiger partial charge in [0.05, 0.1) is 22.7 Å². The van der Waals surface area contributed by atoms with Crippen LogP contribution >= 0.6 is 22.7 Å². The number of fused-ring (bicyclic) bond motifs is 1. The van der Waals surface area contributed by atoms with Gasteiger partial charge in [-0.05, 0) is 18.6 Å². The highest BCUT2D eigenvalue weighted by molar-refractivity contribution is 7.38. The van der Waals surface area contributed by atoms with E-state index in [0.717, 1.165) is 0 Å². The molecule has 2 rings (SSSR count). The zero-order valence-electron chi connectivity index (χ0n) is 17.6. The molecule has 2 aromatic rings. The lowest BCUT2D eigenvalue weighted by atomic mass is 10.0. The van der Waals surface area contributed by atoms with Gasteiger partial charge in [-0.1, -0.05) is 96.1 Å². The summed E-state index contributed by atoms with van der Waals surface area (Å²) in [6.45, 7) is 2.29. The number of aryl methyl sites for hydroxylation is 1. The van der Waals surface area contributed by atoms with Gasteiger partial charge in [0.1, 0.15) is 0 Å². The minimum Gasteiger partial charge on any atom is -0.418 e. The predicted octanol–water partition coefficient (Wildman–Crippen LogP) is 10.2. The summed E-state index contributed by atoms with van der Waals surface area (Å²) in [5.41, 5.74) is 0. The van der Waals surface area contributed by atoms with E-state index in [2.05, 4.69) is 31.2 Å². The standard InChI is InChI=1S/C22H35S2.BF4/c1-2-3-4-5-6-7-8-9-10-11-12-13-14-19-22-23-20-17-15-16-18-21(20)24-22;2-1(3,4)5/h15-18H,2-14,19H2,1H3;/q+1;-1. The monoisotopic (exact) mass is 450 g/mol. The molecule has 0 aliphatic carbocycles. The Balaban J connectivity index is 0.000000749. The van der Waals surface area contributed by atoms with Gasteiger partial charge in [-0.2, -0.15) is 0 Å². The van der Waals surface area contributed by atoms with Crippen LogP contribution in [0.15, 0.2) is 24.3 Å². The third-order valence-corrected chi connectivity index (χ3v) is 7.43. The number of unbranched alkanes of at least 4 members (excludes halogenated alkanes) is 12. The van der Waals surface area contributed by atoms with Crippen molar-refractivity contribution in [3.05, 3.63) is 28.5 Å². The van der Waals surface area contributed by atoms with Crippen LogP contribution in [-0.2, 0) is 6.42 Å². The first-order valence-electron chi connectivity index (χ1n) is 11.1. The summed E-state index contributed by atoms with van der Waals surface area (Å²) in [5.74, 6) is 0. The Labute approximate surface area is 181 Å². The third kappa shape index (κ3) is 15.8. The zero-order valence-corrected chi connectivity index (χ0v) is 19.2. The molecule has 166 valence electrons. The number of hydrogen-bond acceptors (Lipinski definition) is 1. The molecule has 7 heteroatoms. The fraction of sp³-hybridized carbons (Fsp3) is 0.682. The molecule has 1 aromatic carbocycles. The Morgan fingerprint density at radius 2 is 1.17 bits per heavy atom. The molecule has 0 aliphatic rings. The van der Waals surface area contributed by atoms with Crippen LogP contribution in [-0.4, -0.2) is 7.25 Å². The van der Waals surface area contributed by atoms with Crippen molar-refractivity contribution in [2.45, 2.75) is 96.8 Å². The first kappa shape index (κ1) is 26.4. The first-order valence-corrected chi connectivity index (χ1v) is 12.7. The van der Waals surface area contributed by atoms with E-state index in [1.165, 1.54) is 99.3 Å². The summed E-state index contributed by atoms with van der Waals surface area (Å²) in [6, 6.07) is 8.81. The highest BCUT2D eigenvalue weighted by Crippen LogP contribution is 2.32. The Morgan fingerprint density at radius 3 is 1.66 bits per heavy atom. The van der Waals surface area contributed by atoms with Crippen molar-refractivity contribution < 1.29 is 17.3 Å². The van der Waals surface area contributed by atoms with Gasteiger partial charge in [0.2, 0.25) is 0 Å². The minimum absolute atomic E-state index is 1.29. The summed E-state index contributed by atoms with van der Waals surface area (Å²) in [7, 11) is -6.00. The summed E-state index contributed by atoms with van der Waals surface area (Å²) in [6.07, 6.45) is 20.0. The molecule has 0 saturated carbocycles. The van der Waals surface area contributed by atoms with Crippen molar-refractivity contribution in [1.29, 1.82) is 0 Å². The van der Waals surface area contributed by atoms with Crippen LogP contribution in [0.3, 0.4) is 0 Å². The van der Waals surface area contributed by atoms with Gasteiger partial charge < -0.3 is 17.3 Å². The number of benzene rings is 1. The van der Waals surface area contributed by atoms with Gasteiger partial charge in [0.25, 0.3) is 4.19 Å². The Morgan fingerprint density at radius 1 is 0.724 bits per heavy atom. The van der Waals surface area contributed by atoms with Gasteiger partial charge in [-0.3, -0.25) is 0 Å². The van der Waals surface area contributed by atoms with Crippen molar-refractivity contribution in [3.8, 4) is 0 Å². The molecule has 0 atom stereocenters. The number of hydrogen-bond donors (Lipinski definition) is 0. The van der Waals surface area contributed by atoms with E-state index >= 15 is 0 Å². The maximum Gasteiger partial charge on any atom is 0.673 e. The van der Waals surface area contributed by atoms with Crippen LogP contribution in [0.2, 0.25) is 0 Å². The molecule has 0 nitrogen and oxygen atoms in total. The van der Waals surface area contributed by atoms with Crippen molar-refractivity contribution >= 4 is 39.3 Å². The first-order chi connectivity index (χ1) is 13.9. The molecule has 0 spiro atoms. The van der Waals surface area contributed by atoms with E-state index in [9.17, 15) is 17.3 Å². The van der Waals surface area contributed by atoms with Crippen molar-refractivity contribution in [2.75, 3.05) is 0 Å². The van der Waals surface area contributed by atoms with E-state index < -0.39 is 7.25 Å². The van der Waals surface area contributed by atoms with Crippen LogP contribution in [0.4, 0.5) is 17.3 Å². The maximum atomic E-state index is 9.75. The van der Waals surface area contributed by atoms with E-state index in [-0.39, 0.29) is 0 Å². The molecular formula is C22H35BF4S2. The molecule has 0 amide bonds. The summed E-state index contributed by atoms with van der Waals surface area (Å²) in [5, 5.41) is 0. The van der Waals surface area contributed by atoms with Gasteiger partial charge in [-0.15, -0.1) is 0 Å². The molecule has 0 unspecified atom stereocenters. The van der Waals surface area contributed by atoms with Crippen LogP contribution in [0, 0.1) is 0 Å². The third-order valence-electron chi connectivity index (χ3n) is 4.78. The highest BCUT2D eigenvalue weighted by Gasteiger charge is 2.20. The Bertz CT molecular complexity index is 604. The molecule has 1 heterocycles. The zero-order chi connectivity index (χ0) is 21.4. The molecule has 29 heavy (non-hydrogen) atoms. The summed E-state index contributed by atoms with van der Waals surface area (Å²) < 4.78 is 43.5.